The molecule has 4 atom stereocenters. The molecular formula is C24H26N2O8. The Morgan fingerprint density at radius 2 is 1.82 bits per heavy atom. The second-order valence-corrected chi connectivity index (χ2v) is 9.23. The molecule has 3 aliphatic carbocycles. The van der Waals surface area contributed by atoms with Gasteiger partial charge in [0.2, 0.25) is 5.78 Å². The Hall–Kier alpha value is -3.50. The number of hydrogen-bond acceptors (Lipinski definition) is 9. The lowest BCUT2D eigenvalue weighted by Crippen LogP contribution is -2.63. The van der Waals surface area contributed by atoms with Gasteiger partial charge in [0.05, 0.1) is 11.6 Å². The fourth-order valence-electron chi connectivity index (χ4n) is 5.70. The van der Waals surface area contributed by atoms with Crippen molar-refractivity contribution in [2.75, 3.05) is 14.1 Å². The highest BCUT2D eigenvalue weighted by atomic mass is 16.3. The van der Waals surface area contributed by atoms with Crippen LogP contribution in [-0.4, -0.2) is 74.3 Å². The molecule has 1 aromatic rings. The standard InChI is InChI=1S/C24H26N2O8/c1-4-13(27)10-5-6-14(28)16-11(10)7-9-8-12-18(26(2)3)20(30)17(23(25)33)22(32)24(12,34)21(31)15(9)19(16)29/h5-6,9,12,18,28,30-31,34H,4,7-8H2,1-3H3,(H2,25,33)/t9?,12?,18?,24-/m0/s1. The molecule has 6 N–H and O–H groups in total. The Bertz CT molecular complexity index is 1230. The molecule has 1 amide bonds. The van der Waals surface area contributed by atoms with Crippen LogP contribution in [0.4, 0.5) is 0 Å². The highest BCUT2D eigenvalue weighted by Gasteiger charge is 2.63. The minimum atomic E-state index is -2.68. The van der Waals surface area contributed by atoms with Gasteiger partial charge >= 0.3 is 0 Å². The number of likely N-dealkylation sites (N-methyl/N-ethyl adjacent to an activating group) is 1. The molecule has 3 aliphatic rings. The number of allylic oxidation sites excluding steroid dienone is 1. The summed E-state index contributed by atoms with van der Waals surface area (Å²) >= 11 is 0. The number of nitrogens with zero attached hydrogens (tertiary/aromatic N) is 1. The molecule has 34 heavy (non-hydrogen) atoms. The zero-order chi connectivity index (χ0) is 25.3. The molecular weight excluding hydrogens is 444 g/mol. The van der Waals surface area contributed by atoms with Gasteiger partial charge in [0.15, 0.2) is 17.2 Å². The molecule has 0 radical (unpaired) electrons. The van der Waals surface area contributed by atoms with E-state index in [4.69, 9.17) is 5.73 Å². The van der Waals surface area contributed by atoms with E-state index in [2.05, 4.69) is 0 Å². The molecule has 0 bridgehead atoms. The first kappa shape index (κ1) is 23.7. The second kappa shape index (κ2) is 7.78. The summed E-state index contributed by atoms with van der Waals surface area (Å²) in [5.41, 5.74) is 1.96. The van der Waals surface area contributed by atoms with Crippen LogP contribution >= 0.6 is 0 Å². The molecule has 0 fully saturated rings. The van der Waals surface area contributed by atoms with Crippen LogP contribution in [-0.2, 0) is 16.0 Å². The van der Waals surface area contributed by atoms with Crippen LogP contribution in [0.5, 0.6) is 5.75 Å². The smallest absolute Gasteiger partial charge is 0.255 e. The number of aliphatic hydroxyl groups is 3. The number of phenolic OH excluding ortho intramolecular Hbond substituents is 1. The van der Waals surface area contributed by atoms with E-state index >= 15 is 0 Å². The quantitative estimate of drug-likeness (QED) is 0.313. The van der Waals surface area contributed by atoms with Gasteiger partial charge in [0.1, 0.15) is 22.8 Å². The number of phenols is 1. The maximum atomic E-state index is 13.5. The number of Topliss-reactive ketones (excluding diaryl/α,β-unsaturated/α-hetero) is 3. The van der Waals surface area contributed by atoms with Crippen LogP contribution in [0.1, 0.15) is 46.0 Å². The van der Waals surface area contributed by atoms with Crippen LogP contribution < -0.4 is 5.73 Å². The molecule has 0 heterocycles. The number of ketones is 3. The normalized spacial score (nSPS) is 28.6. The van der Waals surface area contributed by atoms with Crippen LogP contribution in [0, 0.1) is 11.8 Å². The van der Waals surface area contributed by atoms with Crippen molar-refractivity contribution < 1.29 is 39.6 Å². The molecule has 0 spiro atoms. The highest BCUT2D eigenvalue weighted by molar-refractivity contribution is 6.25. The number of amides is 1. The first-order valence-corrected chi connectivity index (χ1v) is 10.9. The average molecular weight is 470 g/mol. The van der Waals surface area contributed by atoms with E-state index in [1.54, 1.807) is 21.0 Å². The molecule has 0 saturated heterocycles. The van der Waals surface area contributed by atoms with Crippen molar-refractivity contribution in [2.24, 2.45) is 17.6 Å². The Morgan fingerprint density at radius 3 is 2.38 bits per heavy atom. The zero-order valence-electron chi connectivity index (χ0n) is 19.0. The molecule has 4 rings (SSSR count). The Morgan fingerprint density at radius 1 is 1.18 bits per heavy atom. The summed E-state index contributed by atoms with van der Waals surface area (Å²) in [6, 6.07) is 1.60. The summed E-state index contributed by atoms with van der Waals surface area (Å²) < 4.78 is 0. The molecule has 3 unspecified atom stereocenters. The van der Waals surface area contributed by atoms with Crippen LogP contribution in [0.25, 0.3) is 0 Å². The lowest BCUT2D eigenvalue weighted by Gasteiger charge is -2.50. The number of carbonyl (C=O) groups is 4. The summed E-state index contributed by atoms with van der Waals surface area (Å²) in [6.45, 7) is 1.67. The predicted molar refractivity (Wildman–Crippen MR) is 118 cm³/mol. The van der Waals surface area contributed by atoms with E-state index in [1.165, 1.54) is 17.0 Å². The van der Waals surface area contributed by atoms with Crippen molar-refractivity contribution in [2.45, 2.75) is 37.8 Å². The van der Waals surface area contributed by atoms with Gasteiger partial charge in [-0.1, -0.05) is 6.92 Å². The minimum absolute atomic E-state index is 0.0266. The number of hydrogen-bond donors (Lipinski definition) is 5. The SMILES string of the molecule is CCC(=O)c1ccc(O)c2c1CC1CC3C(N(C)C)C(O)=C(C(N)=O)C(=O)[C@@]3(O)C(O)=C1C2=O. The van der Waals surface area contributed by atoms with E-state index in [0.29, 0.717) is 5.56 Å². The van der Waals surface area contributed by atoms with Gasteiger partial charge in [-0.25, -0.2) is 0 Å². The summed E-state index contributed by atoms with van der Waals surface area (Å²) in [7, 11) is 3.12. The number of nitrogens with two attached hydrogens (primary N) is 1. The van der Waals surface area contributed by atoms with E-state index < -0.39 is 63.8 Å². The maximum Gasteiger partial charge on any atom is 0.255 e. The lowest BCUT2D eigenvalue weighted by molar-refractivity contribution is -0.148. The number of fused-ring (bicyclic) bond motifs is 3. The minimum Gasteiger partial charge on any atom is -0.510 e. The van der Waals surface area contributed by atoms with Gasteiger partial charge in [-0.3, -0.25) is 24.1 Å². The van der Waals surface area contributed by atoms with Crippen molar-refractivity contribution in [1.29, 1.82) is 0 Å². The molecule has 0 saturated carbocycles. The lowest BCUT2D eigenvalue weighted by atomic mass is 9.58. The number of aromatic hydroxyl groups is 1. The van der Waals surface area contributed by atoms with Gasteiger partial charge in [0, 0.05) is 23.5 Å². The maximum absolute atomic E-state index is 13.5. The van der Waals surface area contributed by atoms with E-state index in [0.717, 1.165) is 0 Å². The van der Waals surface area contributed by atoms with Gasteiger partial charge in [-0.2, -0.15) is 0 Å². The van der Waals surface area contributed by atoms with Crippen LogP contribution in [0.2, 0.25) is 0 Å². The van der Waals surface area contributed by atoms with E-state index in [9.17, 15) is 39.6 Å². The number of rotatable bonds is 4. The zero-order valence-corrected chi connectivity index (χ0v) is 19.0. The third-order valence-corrected chi connectivity index (χ3v) is 7.23. The van der Waals surface area contributed by atoms with Gasteiger partial charge in [0.25, 0.3) is 5.91 Å². The third kappa shape index (κ3) is 2.95. The predicted octanol–water partition coefficient (Wildman–Crippen LogP) is 0.713. The second-order valence-electron chi connectivity index (χ2n) is 9.23. The van der Waals surface area contributed by atoms with E-state index in [-0.39, 0.29) is 41.7 Å². The largest absolute Gasteiger partial charge is 0.510 e. The van der Waals surface area contributed by atoms with Crippen molar-refractivity contribution in [3.05, 3.63) is 51.5 Å². The van der Waals surface area contributed by atoms with Gasteiger partial charge < -0.3 is 26.2 Å². The summed E-state index contributed by atoms with van der Waals surface area (Å²) in [4.78, 5) is 52.7. The Kier molecular flexibility index (Phi) is 5.41. The first-order chi connectivity index (χ1) is 15.9. The van der Waals surface area contributed by atoms with Gasteiger partial charge in [-0.15, -0.1) is 0 Å². The topological polar surface area (TPSA) is 178 Å². The van der Waals surface area contributed by atoms with Crippen molar-refractivity contribution >= 4 is 23.3 Å². The summed E-state index contributed by atoms with van der Waals surface area (Å²) in [5, 5.41) is 43.9. The van der Waals surface area contributed by atoms with Crippen molar-refractivity contribution in [3.63, 3.8) is 0 Å². The molecule has 1 aromatic carbocycles. The Labute approximate surface area is 195 Å². The molecule has 10 heteroatoms. The number of carbonyl (C=O) groups excluding carboxylic acids is 4. The first-order valence-electron chi connectivity index (χ1n) is 10.9. The van der Waals surface area contributed by atoms with Crippen molar-refractivity contribution in [3.8, 4) is 5.75 Å². The van der Waals surface area contributed by atoms with E-state index in [1.807, 2.05) is 0 Å². The summed E-state index contributed by atoms with van der Waals surface area (Å²) in [5.74, 6) is -7.38. The number of benzene rings is 1. The fraction of sp³-hybridized carbons (Fsp3) is 0.417. The number of primary amides is 1. The summed E-state index contributed by atoms with van der Waals surface area (Å²) in [6.07, 6.45) is 0.239. The third-order valence-electron chi connectivity index (χ3n) is 7.23. The highest BCUT2D eigenvalue weighted by Crippen LogP contribution is 2.52. The molecule has 0 aliphatic heterocycles. The fourth-order valence-corrected chi connectivity index (χ4v) is 5.70. The molecule has 180 valence electrons. The average Bonchev–Trinajstić information content (AvgIpc) is 2.75. The van der Waals surface area contributed by atoms with Crippen LogP contribution in [0.3, 0.4) is 0 Å². The Balaban J connectivity index is 1.97. The van der Waals surface area contributed by atoms with Gasteiger partial charge in [-0.05, 0) is 50.6 Å². The number of aliphatic hydroxyl groups excluding tert-OH is 2. The monoisotopic (exact) mass is 470 g/mol. The molecule has 0 aromatic heterocycles. The van der Waals surface area contributed by atoms with Crippen LogP contribution in [0.15, 0.2) is 34.8 Å². The van der Waals surface area contributed by atoms with Crippen molar-refractivity contribution in [1.82, 2.24) is 4.90 Å². The molecule has 10 nitrogen and oxygen atoms in total.